The van der Waals surface area contributed by atoms with Gasteiger partial charge in [-0.15, -0.1) is 0 Å². The molecule has 0 aliphatic carbocycles. The van der Waals surface area contributed by atoms with Gasteiger partial charge in [-0.2, -0.15) is 50.5 Å². The molecular formula is C20H18N2O18S6. The first-order valence-corrected chi connectivity index (χ1v) is 19.7. The first-order valence-electron chi connectivity index (χ1n) is 11.0. The van der Waals surface area contributed by atoms with E-state index in [0.29, 0.717) is 24.3 Å². The summed E-state index contributed by atoms with van der Waals surface area (Å²) in [4.78, 5) is -5.48. The molecule has 0 amide bonds. The van der Waals surface area contributed by atoms with Crippen molar-refractivity contribution >= 4 is 93.6 Å². The molecule has 0 saturated heterocycles. The summed E-state index contributed by atoms with van der Waals surface area (Å²) in [5.74, 6) is 0. The van der Waals surface area contributed by atoms with Crippen molar-refractivity contribution in [1.29, 1.82) is 0 Å². The van der Waals surface area contributed by atoms with Crippen molar-refractivity contribution in [2.45, 2.75) is 29.4 Å². The summed E-state index contributed by atoms with van der Waals surface area (Å²) in [6.07, 6.45) is 0. The highest BCUT2D eigenvalue weighted by Gasteiger charge is 2.26. The van der Waals surface area contributed by atoms with Crippen LogP contribution >= 0.6 is 0 Å². The molecule has 0 aliphatic heterocycles. The van der Waals surface area contributed by atoms with Gasteiger partial charge in [0.25, 0.3) is 60.7 Å². The van der Waals surface area contributed by atoms with E-state index in [-0.39, 0.29) is 16.5 Å². The lowest BCUT2D eigenvalue weighted by Gasteiger charge is -2.11. The summed E-state index contributed by atoms with van der Waals surface area (Å²) >= 11 is 0. The van der Waals surface area contributed by atoms with Gasteiger partial charge in [0.15, 0.2) is 0 Å². The molecule has 4 aromatic carbocycles. The van der Waals surface area contributed by atoms with Gasteiger partial charge in [0.2, 0.25) is 0 Å². The van der Waals surface area contributed by atoms with Gasteiger partial charge in [-0.25, -0.2) is 0 Å². The van der Waals surface area contributed by atoms with Crippen LogP contribution in [0.5, 0.6) is 0 Å². The van der Waals surface area contributed by atoms with Crippen molar-refractivity contribution in [3.63, 3.8) is 0 Å². The summed E-state index contributed by atoms with van der Waals surface area (Å²) in [7, 11) is -29.4. The van der Waals surface area contributed by atoms with Gasteiger partial charge in [0.1, 0.15) is 19.6 Å². The van der Waals surface area contributed by atoms with Crippen molar-refractivity contribution in [3.05, 3.63) is 48.5 Å². The van der Waals surface area contributed by atoms with Gasteiger partial charge in [0, 0.05) is 21.8 Å². The van der Waals surface area contributed by atoms with E-state index in [1.165, 1.54) is 0 Å². The number of hydrogen-bond acceptors (Lipinski definition) is 14. The Morgan fingerprint density at radius 2 is 0.739 bits per heavy atom. The average molecular weight is 767 g/mol. The molecule has 0 fully saturated rings. The molecule has 0 bridgehead atoms. The molecular weight excluding hydrogens is 749 g/mol. The number of nitrogen functional groups attached to an aromatic ring is 2. The third kappa shape index (κ3) is 8.05. The van der Waals surface area contributed by atoms with E-state index in [9.17, 15) is 64.2 Å². The largest absolute Gasteiger partial charge is 0.399 e. The molecule has 0 saturated carbocycles. The van der Waals surface area contributed by atoms with Crippen LogP contribution in [-0.4, -0.2) is 77.8 Å². The van der Waals surface area contributed by atoms with E-state index in [1.54, 1.807) is 0 Å². The van der Waals surface area contributed by atoms with Gasteiger partial charge in [0.05, 0.1) is 15.5 Å². The maximum absolute atomic E-state index is 11.4. The molecule has 20 nitrogen and oxygen atoms in total. The first kappa shape index (κ1) is 36.9. The van der Waals surface area contributed by atoms with Crippen molar-refractivity contribution < 1.29 is 77.8 Å². The summed E-state index contributed by atoms with van der Waals surface area (Å²) in [6.45, 7) is 0. The summed E-state index contributed by atoms with van der Waals surface area (Å²) < 4.78 is 190. The summed E-state index contributed by atoms with van der Waals surface area (Å²) in [5.41, 5.74) is 10.1. The number of anilines is 2. The Morgan fingerprint density at radius 3 is 1.15 bits per heavy atom. The van der Waals surface area contributed by atoms with Crippen LogP contribution in [0.15, 0.2) is 77.9 Å². The highest BCUT2D eigenvalue weighted by molar-refractivity contribution is 7.87. The Balaban J connectivity index is 0.000000250. The number of hydrogen-bond donors (Lipinski definition) is 8. The zero-order chi connectivity index (χ0) is 35.6. The lowest BCUT2D eigenvalue weighted by Crippen LogP contribution is -2.07. The fourth-order valence-corrected chi connectivity index (χ4v) is 7.94. The lowest BCUT2D eigenvalue weighted by atomic mass is 10.1. The van der Waals surface area contributed by atoms with Gasteiger partial charge in [-0.1, -0.05) is 0 Å². The Bertz CT molecular complexity index is 2630. The normalized spacial score (nSPS) is 13.3. The Kier molecular flexibility index (Phi) is 9.32. The molecule has 0 heterocycles. The highest BCUT2D eigenvalue weighted by atomic mass is 32.2. The molecule has 46 heavy (non-hydrogen) atoms. The molecule has 10 N–H and O–H groups in total. The molecule has 0 spiro atoms. The van der Waals surface area contributed by atoms with Crippen molar-refractivity contribution in [1.82, 2.24) is 0 Å². The number of rotatable bonds is 6. The standard InChI is InChI=1S/2C10H9NO9S3/c11-5-1-7-8(9(2-5)22(15,16)17)3-6(21(12,13)14)4-10(7)23(18,19)20;11-8-4-7-5(2-10(8)23(18,19)20)1-6(21(12,13)14)3-9(7)22(15,16)17/h2*1-4H,11H2,(H,12,13,14)(H,15,16,17)(H,18,19,20). The van der Waals surface area contributed by atoms with Crippen LogP contribution in [0.1, 0.15) is 0 Å². The Labute approximate surface area is 259 Å². The molecule has 0 aliphatic rings. The third-order valence-electron chi connectivity index (χ3n) is 5.72. The summed E-state index contributed by atoms with van der Waals surface area (Å²) in [5, 5.41) is -1.63. The second kappa shape index (κ2) is 11.6. The quantitative estimate of drug-likeness (QED) is 0.0967. The summed E-state index contributed by atoms with van der Waals surface area (Å²) in [6, 6.07) is 5.56. The minimum Gasteiger partial charge on any atom is -0.399 e. The smallest absolute Gasteiger partial charge is 0.296 e. The molecule has 0 aromatic heterocycles. The monoisotopic (exact) mass is 766 g/mol. The van der Waals surface area contributed by atoms with Crippen LogP contribution in [0.3, 0.4) is 0 Å². The van der Waals surface area contributed by atoms with E-state index in [2.05, 4.69) is 0 Å². The van der Waals surface area contributed by atoms with Gasteiger partial charge in [-0.3, -0.25) is 27.3 Å². The minimum atomic E-state index is -5.00. The fourth-order valence-electron chi connectivity index (χ4n) is 3.90. The molecule has 252 valence electrons. The number of fused-ring (bicyclic) bond motifs is 2. The van der Waals surface area contributed by atoms with E-state index >= 15 is 0 Å². The van der Waals surface area contributed by atoms with Gasteiger partial charge in [-0.05, 0) is 53.9 Å². The van der Waals surface area contributed by atoms with Crippen molar-refractivity contribution in [2.24, 2.45) is 0 Å². The van der Waals surface area contributed by atoms with Crippen LogP contribution in [0, 0.1) is 0 Å². The molecule has 0 radical (unpaired) electrons. The van der Waals surface area contributed by atoms with Crippen molar-refractivity contribution in [2.75, 3.05) is 11.5 Å². The van der Waals surface area contributed by atoms with E-state index in [0.717, 1.165) is 24.3 Å². The van der Waals surface area contributed by atoms with E-state index in [4.69, 9.17) is 25.1 Å². The van der Waals surface area contributed by atoms with Gasteiger partial charge >= 0.3 is 0 Å². The topological polar surface area (TPSA) is 378 Å². The van der Waals surface area contributed by atoms with Crippen LogP contribution in [0.4, 0.5) is 11.4 Å². The van der Waals surface area contributed by atoms with E-state index < -0.39 is 107 Å². The zero-order valence-electron chi connectivity index (χ0n) is 21.8. The second-order valence-electron chi connectivity index (χ2n) is 8.92. The van der Waals surface area contributed by atoms with Crippen LogP contribution in [0.2, 0.25) is 0 Å². The van der Waals surface area contributed by atoms with Crippen LogP contribution < -0.4 is 11.5 Å². The highest BCUT2D eigenvalue weighted by Crippen LogP contribution is 2.34. The maximum atomic E-state index is 11.4. The second-order valence-corrected chi connectivity index (χ2v) is 17.3. The fraction of sp³-hybridized carbons (Fsp3) is 0. The lowest BCUT2D eigenvalue weighted by molar-refractivity contribution is 0.477. The number of benzene rings is 4. The van der Waals surface area contributed by atoms with Gasteiger partial charge < -0.3 is 11.5 Å². The predicted octanol–water partition coefficient (Wildman–Crippen LogP) is 0.324. The number of nitrogens with two attached hydrogens (primary N) is 2. The SMILES string of the molecule is Nc1cc(S(=O)(=O)O)c2cc(S(=O)(=O)O)cc(S(=O)(=O)O)c2c1.Nc1cc2c(S(=O)(=O)O)cc(S(=O)(=O)O)cc2cc1S(=O)(=O)O. The predicted molar refractivity (Wildman–Crippen MR) is 156 cm³/mol. The molecule has 4 aromatic rings. The third-order valence-corrected chi connectivity index (χ3v) is 11.0. The molecule has 26 heteroatoms. The molecule has 4 rings (SSSR count). The molecule has 0 unspecified atom stereocenters. The average Bonchev–Trinajstić information content (AvgIpc) is 2.83. The zero-order valence-corrected chi connectivity index (χ0v) is 26.7. The van der Waals surface area contributed by atoms with Crippen LogP contribution in [-0.2, 0) is 60.7 Å². The first-order chi connectivity index (χ1) is 20.4. The maximum Gasteiger partial charge on any atom is 0.296 e. The molecule has 0 atom stereocenters. The Morgan fingerprint density at radius 1 is 0.370 bits per heavy atom. The minimum absolute atomic E-state index is 0.269. The van der Waals surface area contributed by atoms with Crippen LogP contribution in [0.25, 0.3) is 21.5 Å². The Hall–Kier alpha value is -3.54. The van der Waals surface area contributed by atoms with Crippen molar-refractivity contribution in [3.8, 4) is 0 Å². The van der Waals surface area contributed by atoms with E-state index in [1.807, 2.05) is 0 Å².